The number of ketones is 1. The van der Waals surface area contributed by atoms with E-state index in [-0.39, 0.29) is 17.1 Å². The van der Waals surface area contributed by atoms with Crippen LogP contribution in [-0.2, 0) is 0 Å². The summed E-state index contributed by atoms with van der Waals surface area (Å²) in [7, 11) is 0. The molecule has 4 heteroatoms. The predicted octanol–water partition coefficient (Wildman–Crippen LogP) is 7.07. The molecule has 0 aromatic heterocycles. The molecule has 0 heterocycles. The molecule has 0 aliphatic heterocycles. The molecule has 28 heavy (non-hydrogen) atoms. The van der Waals surface area contributed by atoms with Gasteiger partial charge in [0.15, 0.2) is 5.78 Å². The second-order valence-corrected chi connectivity index (χ2v) is 7.60. The van der Waals surface area contributed by atoms with E-state index in [1.54, 1.807) is 6.07 Å². The molecule has 0 saturated carbocycles. The zero-order chi connectivity index (χ0) is 20.6. The Morgan fingerprint density at radius 3 is 1.82 bits per heavy atom. The van der Waals surface area contributed by atoms with Crippen LogP contribution in [0.3, 0.4) is 0 Å². The van der Waals surface area contributed by atoms with Crippen molar-refractivity contribution in [3.8, 4) is 17.2 Å². The van der Waals surface area contributed by atoms with E-state index in [2.05, 4.69) is 13.8 Å². The van der Waals surface area contributed by atoms with Crippen LogP contribution in [0.25, 0.3) is 0 Å². The normalized spacial score (nSPS) is 10.8. The van der Waals surface area contributed by atoms with E-state index in [0.717, 1.165) is 25.7 Å². The molecular formula is C24H40O4. The van der Waals surface area contributed by atoms with Gasteiger partial charge in [-0.3, -0.25) is 4.79 Å². The summed E-state index contributed by atoms with van der Waals surface area (Å²) in [4.78, 5) is 11.9. The summed E-state index contributed by atoms with van der Waals surface area (Å²) in [5.41, 5.74) is 0.248. The number of unbranched alkanes of at least 4 members (excludes halogenated alkanes) is 10. The first-order valence-electron chi connectivity index (χ1n) is 11.2. The minimum atomic E-state index is -0.196. The van der Waals surface area contributed by atoms with Crippen molar-refractivity contribution in [2.45, 2.75) is 97.8 Å². The molecule has 0 bridgehead atoms. The maximum Gasteiger partial charge on any atom is 0.167 e. The molecule has 0 aliphatic rings. The van der Waals surface area contributed by atoms with Gasteiger partial charge in [-0.05, 0) is 19.8 Å². The van der Waals surface area contributed by atoms with Gasteiger partial charge in [0.25, 0.3) is 0 Å². The van der Waals surface area contributed by atoms with Crippen molar-refractivity contribution in [3.63, 3.8) is 0 Å². The van der Waals surface area contributed by atoms with Crippen molar-refractivity contribution in [2.75, 3.05) is 13.2 Å². The molecule has 0 aliphatic carbocycles. The Labute approximate surface area is 171 Å². The highest BCUT2D eigenvalue weighted by atomic mass is 16.5. The van der Waals surface area contributed by atoms with Crippen molar-refractivity contribution in [2.24, 2.45) is 0 Å². The second kappa shape index (κ2) is 15.2. The van der Waals surface area contributed by atoms with Crippen molar-refractivity contribution < 1.29 is 19.4 Å². The van der Waals surface area contributed by atoms with E-state index < -0.39 is 0 Å². The van der Waals surface area contributed by atoms with E-state index in [9.17, 15) is 9.90 Å². The largest absolute Gasteiger partial charge is 0.507 e. The monoisotopic (exact) mass is 392 g/mol. The lowest BCUT2D eigenvalue weighted by Gasteiger charge is -2.14. The van der Waals surface area contributed by atoms with Gasteiger partial charge in [0.2, 0.25) is 0 Å². The highest BCUT2D eigenvalue weighted by molar-refractivity contribution is 5.99. The quantitative estimate of drug-likeness (QED) is 0.227. The number of rotatable bonds is 17. The SMILES string of the molecule is CCCCCCCCOc1cc(O)c(C(C)=O)c(OCCCCCCCC)c1. The first kappa shape index (κ1) is 24.3. The third kappa shape index (κ3) is 10.0. The molecule has 0 amide bonds. The number of Topliss-reactive ketones (excluding diaryl/α,β-unsaturated/α-hetero) is 1. The van der Waals surface area contributed by atoms with Crippen molar-refractivity contribution in [1.29, 1.82) is 0 Å². The maximum atomic E-state index is 11.9. The molecule has 160 valence electrons. The fraction of sp³-hybridized carbons (Fsp3) is 0.708. The number of carbonyl (C=O) groups is 1. The molecule has 0 radical (unpaired) electrons. The summed E-state index contributed by atoms with van der Waals surface area (Å²) in [6.45, 7) is 7.03. The van der Waals surface area contributed by atoms with Gasteiger partial charge in [0, 0.05) is 12.1 Å². The Balaban J connectivity index is 2.50. The topological polar surface area (TPSA) is 55.8 Å². The number of benzene rings is 1. The molecule has 1 N–H and O–H groups in total. The van der Waals surface area contributed by atoms with E-state index >= 15 is 0 Å². The zero-order valence-corrected chi connectivity index (χ0v) is 18.2. The number of aromatic hydroxyl groups is 1. The molecular weight excluding hydrogens is 352 g/mol. The Kier molecular flexibility index (Phi) is 13.2. The standard InChI is InChI=1S/C24H40O4/c1-4-6-8-10-12-14-16-27-21-18-22(26)24(20(3)25)23(19-21)28-17-15-13-11-9-7-5-2/h18-19,26H,4-17H2,1-3H3. The Hall–Kier alpha value is -1.71. The Bertz CT molecular complexity index is 554. The van der Waals surface area contributed by atoms with E-state index in [4.69, 9.17) is 9.47 Å². The highest BCUT2D eigenvalue weighted by Crippen LogP contribution is 2.34. The Morgan fingerprint density at radius 2 is 1.29 bits per heavy atom. The van der Waals surface area contributed by atoms with Crippen LogP contribution in [0.5, 0.6) is 17.2 Å². The average Bonchev–Trinajstić information content (AvgIpc) is 2.66. The van der Waals surface area contributed by atoms with Crippen LogP contribution < -0.4 is 9.47 Å². The van der Waals surface area contributed by atoms with Crippen molar-refractivity contribution in [1.82, 2.24) is 0 Å². The summed E-state index contributed by atoms with van der Waals surface area (Å²) in [6.07, 6.45) is 14.3. The third-order valence-electron chi connectivity index (χ3n) is 4.93. The number of hydrogen-bond donors (Lipinski definition) is 1. The van der Waals surface area contributed by atoms with Gasteiger partial charge < -0.3 is 14.6 Å². The lowest BCUT2D eigenvalue weighted by molar-refractivity contribution is 0.101. The molecule has 0 fully saturated rings. The minimum absolute atomic E-state index is 0.0640. The van der Waals surface area contributed by atoms with Gasteiger partial charge in [-0.25, -0.2) is 0 Å². The van der Waals surface area contributed by atoms with Gasteiger partial charge in [-0.1, -0.05) is 78.1 Å². The van der Waals surface area contributed by atoms with Gasteiger partial charge in [-0.15, -0.1) is 0 Å². The number of hydrogen-bond acceptors (Lipinski definition) is 4. The lowest BCUT2D eigenvalue weighted by Crippen LogP contribution is -2.05. The number of phenolic OH excluding ortho intramolecular Hbond substituents is 1. The number of ether oxygens (including phenoxy) is 2. The minimum Gasteiger partial charge on any atom is -0.507 e. The molecule has 0 atom stereocenters. The third-order valence-corrected chi connectivity index (χ3v) is 4.93. The first-order chi connectivity index (χ1) is 13.6. The summed E-state index contributed by atoms with van der Waals surface area (Å²) in [5.74, 6) is 0.733. The van der Waals surface area contributed by atoms with Gasteiger partial charge in [-0.2, -0.15) is 0 Å². The van der Waals surface area contributed by atoms with Gasteiger partial charge in [0.1, 0.15) is 22.8 Å². The Morgan fingerprint density at radius 1 is 0.786 bits per heavy atom. The van der Waals surface area contributed by atoms with Crippen LogP contribution in [-0.4, -0.2) is 24.1 Å². The van der Waals surface area contributed by atoms with E-state index in [1.807, 2.05) is 0 Å². The maximum absolute atomic E-state index is 11.9. The highest BCUT2D eigenvalue weighted by Gasteiger charge is 2.16. The van der Waals surface area contributed by atoms with Crippen molar-refractivity contribution in [3.05, 3.63) is 17.7 Å². The summed E-state index contributed by atoms with van der Waals surface area (Å²) < 4.78 is 11.6. The van der Waals surface area contributed by atoms with Gasteiger partial charge >= 0.3 is 0 Å². The fourth-order valence-corrected chi connectivity index (χ4v) is 3.26. The van der Waals surface area contributed by atoms with Gasteiger partial charge in [0.05, 0.1) is 13.2 Å². The van der Waals surface area contributed by atoms with Crippen LogP contribution in [0.1, 0.15) is 108 Å². The summed E-state index contributed by atoms with van der Waals surface area (Å²) in [5, 5.41) is 10.3. The van der Waals surface area contributed by atoms with Crippen molar-refractivity contribution >= 4 is 5.78 Å². The smallest absolute Gasteiger partial charge is 0.167 e. The van der Waals surface area contributed by atoms with Crippen LogP contribution in [0.2, 0.25) is 0 Å². The first-order valence-corrected chi connectivity index (χ1v) is 11.2. The molecule has 0 spiro atoms. The van der Waals surface area contributed by atoms with Crippen LogP contribution in [0, 0.1) is 0 Å². The molecule has 0 saturated heterocycles. The lowest BCUT2D eigenvalue weighted by atomic mass is 10.1. The number of phenols is 1. The zero-order valence-electron chi connectivity index (χ0n) is 18.2. The molecule has 1 aromatic rings. The van der Waals surface area contributed by atoms with E-state index in [1.165, 1.54) is 64.4 Å². The summed E-state index contributed by atoms with van der Waals surface area (Å²) in [6, 6.07) is 3.26. The average molecular weight is 393 g/mol. The molecule has 1 aromatic carbocycles. The summed E-state index contributed by atoms with van der Waals surface area (Å²) >= 11 is 0. The molecule has 0 unspecified atom stereocenters. The second-order valence-electron chi connectivity index (χ2n) is 7.60. The molecule has 4 nitrogen and oxygen atoms in total. The van der Waals surface area contributed by atoms with Crippen LogP contribution >= 0.6 is 0 Å². The number of carbonyl (C=O) groups excluding carboxylic acids is 1. The predicted molar refractivity (Wildman–Crippen MR) is 116 cm³/mol. The van der Waals surface area contributed by atoms with Crippen LogP contribution in [0.4, 0.5) is 0 Å². The van der Waals surface area contributed by atoms with Crippen LogP contribution in [0.15, 0.2) is 12.1 Å². The molecule has 1 rings (SSSR count). The fourth-order valence-electron chi connectivity index (χ4n) is 3.26. The van der Waals surface area contributed by atoms with E-state index in [0.29, 0.717) is 24.7 Å².